The molecular weight excluding hydrogens is 325 g/mol. The van der Waals surface area contributed by atoms with Gasteiger partial charge in [-0.3, -0.25) is 0 Å². The lowest BCUT2D eigenvalue weighted by molar-refractivity contribution is -0.137. The van der Waals surface area contributed by atoms with Crippen molar-refractivity contribution < 1.29 is 18.0 Å². The summed E-state index contributed by atoms with van der Waals surface area (Å²) in [5, 5.41) is 7.09. The van der Waals surface area contributed by atoms with Crippen LogP contribution in [0.3, 0.4) is 0 Å². The topological polar surface area (TPSA) is 41.1 Å². The minimum atomic E-state index is -4.39. The summed E-state index contributed by atoms with van der Waals surface area (Å²) in [7, 11) is 0. The zero-order chi connectivity index (χ0) is 16.7. The molecule has 1 heterocycles. The monoisotopic (exact) mass is 338 g/mol. The van der Waals surface area contributed by atoms with Crippen LogP contribution in [0.2, 0.25) is 0 Å². The van der Waals surface area contributed by atoms with E-state index in [4.69, 9.17) is 0 Å². The molecule has 1 aromatic heterocycles. The Balaban J connectivity index is 1.80. The van der Waals surface area contributed by atoms with E-state index < -0.39 is 11.7 Å². The molecule has 0 bridgehead atoms. The first-order chi connectivity index (χ1) is 10.9. The van der Waals surface area contributed by atoms with Gasteiger partial charge in [-0.15, -0.1) is 11.3 Å². The molecular formula is C16H13F3N2OS. The van der Waals surface area contributed by atoms with Crippen molar-refractivity contribution in [3.8, 4) is 11.8 Å². The quantitative estimate of drug-likeness (QED) is 0.825. The summed E-state index contributed by atoms with van der Waals surface area (Å²) in [5.41, 5.74) is -0.494. The molecule has 2 N–H and O–H groups in total. The standard InChI is InChI=1S/C16H13F3N2OS/c17-16(18,19)13-6-1-4-12(10-13)5-2-8-20-15(22)21-11-14-7-3-9-23-14/h1,3-4,6-7,9-10H,8,11H2,(H2,20,21,22). The van der Waals surface area contributed by atoms with Crippen molar-refractivity contribution >= 4 is 17.4 Å². The fraction of sp³-hybridized carbons (Fsp3) is 0.188. The van der Waals surface area contributed by atoms with Crippen molar-refractivity contribution in [3.05, 3.63) is 57.8 Å². The molecule has 0 aliphatic carbocycles. The van der Waals surface area contributed by atoms with Crippen molar-refractivity contribution in [1.29, 1.82) is 0 Å². The molecule has 0 aliphatic rings. The summed E-state index contributed by atoms with van der Waals surface area (Å²) in [4.78, 5) is 12.5. The van der Waals surface area contributed by atoms with E-state index in [-0.39, 0.29) is 18.1 Å². The molecule has 0 aliphatic heterocycles. The number of thiophene rings is 1. The Hall–Kier alpha value is -2.46. The summed E-state index contributed by atoms with van der Waals surface area (Å²) < 4.78 is 37.7. The van der Waals surface area contributed by atoms with Crippen LogP contribution in [0.1, 0.15) is 16.0 Å². The summed E-state index contributed by atoms with van der Waals surface area (Å²) in [5.74, 6) is 5.21. The van der Waals surface area contributed by atoms with Crippen LogP contribution in [-0.4, -0.2) is 12.6 Å². The van der Waals surface area contributed by atoms with Gasteiger partial charge >= 0.3 is 12.2 Å². The molecule has 120 valence electrons. The molecule has 0 atom stereocenters. The maximum atomic E-state index is 12.6. The van der Waals surface area contributed by atoms with Gasteiger partial charge < -0.3 is 10.6 Å². The number of hydrogen-bond donors (Lipinski definition) is 2. The molecule has 2 aromatic rings. The minimum absolute atomic E-state index is 0.0481. The zero-order valence-electron chi connectivity index (χ0n) is 11.9. The number of carbonyl (C=O) groups excluding carboxylic acids is 1. The maximum Gasteiger partial charge on any atom is 0.416 e. The fourth-order valence-corrected chi connectivity index (χ4v) is 2.33. The number of rotatable bonds is 3. The highest BCUT2D eigenvalue weighted by Crippen LogP contribution is 2.29. The second-order valence-electron chi connectivity index (χ2n) is 4.50. The molecule has 2 amide bonds. The molecule has 0 spiro atoms. The Morgan fingerprint density at radius 3 is 2.70 bits per heavy atom. The van der Waals surface area contributed by atoms with Crippen molar-refractivity contribution in [2.75, 3.05) is 6.54 Å². The Labute approximate surface area is 135 Å². The van der Waals surface area contributed by atoms with Gasteiger partial charge in [-0.05, 0) is 29.6 Å². The Kier molecular flexibility index (Phi) is 5.66. The average molecular weight is 338 g/mol. The number of carbonyl (C=O) groups is 1. The van der Waals surface area contributed by atoms with Gasteiger partial charge in [0.25, 0.3) is 0 Å². The summed E-state index contributed by atoms with van der Waals surface area (Å²) in [6, 6.07) is 8.16. The molecule has 0 unspecified atom stereocenters. The molecule has 23 heavy (non-hydrogen) atoms. The average Bonchev–Trinajstić information content (AvgIpc) is 3.02. The van der Waals surface area contributed by atoms with E-state index in [0.29, 0.717) is 6.54 Å². The molecule has 0 saturated heterocycles. The first-order valence-electron chi connectivity index (χ1n) is 6.65. The molecule has 0 radical (unpaired) electrons. The molecule has 2 rings (SSSR count). The zero-order valence-corrected chi connectivity index (χ0v) is 12.7. The first-order valence-corrected chi connectivity index (χ1v) is 7.53. The molecule has 3 nitrogen and oxygen atoms in total. The largest absolute Gasteiger partial charge is 0.416 e. The van der Waals surface area contributed by atoms with Gasteiger partial charge in [0.05, 0.1) is 18.7 Å². The highest BCUT2D eigenvalue weighted by Gasteiger charge is 2.30. The van der Waals surface area contributed by atoms with E-state index in [1.165, 1.54) is 23.5 Å². The third-order valence-corrected chi connectivity index (χ3v) is 3.64. The SMILES string of the molecule is O=C(NCC#Cc1cccc(C(F)(F)F)c1)NCc1cccs1. The van der Waals surface area contributed by atoms with Crippen LogP contribution in [0.5, 0.6) is 0 Å². The minimum Gasteiger partial charge on any atom is -0.333 e. The Bertz CT molecular complexity index is 715. The van der Waals surface area contributed by atoms with Gasteiger partial charge in [0.15, 0.2) is 0 Å². The maximum absolute atomic E-state index is 12.6. The number of nitrogens with one attached hydrogen (secondary N) is 2. The number of alkyl halides is 3. The second-order valence-corrected chi connectivity index (χ2v) is 5.53. The molecule has 0 fully saturated rings. The van der Waals surface area contributed by atoms with Crippen molar-refractivity contribution in [2.24, 2.45) is 0 Å². The van der Waals surface area contributed by atoms with E-state index in [0.717, 1.165) is 17.0 Å². The first kappa shape index (κ1) is 16.9. The van der Waals surface area contributed by atoms with Gasteiger partial charge in [0, 0.05) is 10.4 Å². The normalized spacial score (nSPS) is 10.6. The van der Waals surface area contributed by atoms with Crippen molar-refractivity contribution in [3.63, 3.8) is 0 Å². The van der Waals surface area contributed by atoms with Gasteiger partial charge in [-0.25, -0.2) is 4.79 Å². The smallest absolute Gasteiger partial charge is 0.333 e. The number of halogens is 3. The van der Waals surface area contributed by atoms with Crippen molar-refractivity contribution in [1.82, 2.24) is 10.6 Å². The Morgan fingerprint density at radius 2 is 2.00 bits per heavy atom. The summed E-state index contributed by atoms with van der Waals surface area (Å²) in [6.45, 7) is 0.469. The summed E-state index contributed by atoms with van der Waals surface area (Å²) >= 11 is 1.53. The lowest BCUT2D eigenvalue weighted by Gasteiger charge is -2.05. The lowest BCUT2D eigenvalue weighted by atomic mass is 10.1. The predicted molar refractivity (Wildman–Crippen MR) is 82.9 cm³/mol. The molecule has 7 heteroatoms. The van der Waals surface area contributed by atoms with Crippen molar-refractivity contribution in [2.45, 2.75) is 12.7 Å². The van der Waals surface area contributed by atoms with Crippen LogP contribution >= 0.6 is 11.3 Å². The van der Waals surface area contributed by atoms with E-state index >= 15 is 0 Å². The van der Waals surface area contributed by atoms with Crippen LogP contribution in [0.15, 0.2) is 41.8 Å². The van der Waals surface area contributed by atoms with E-state index in [9.17, 15) is 18.0 Å². The number of hydrogen-bond acceptors (Lipinski definition) is 2. The Morgan fingerprint density at radius 1 is 1.17 bits per heavy atom. The van der Waals surface area contributed by atoms with Crippen LogP contribution in [0, 0.1) is 11.8 Å². The lowest BCUT2D eigenvalue weighted by Crippen LogP contribution is -2.34. The van der Waals surface area contributed by atoms with Crippen LogP contribution in [-0.2, 0) is 12.7 Å². The number of benzene rings is 1. The summed E-state index contributed by atoms with van der Waals surface area (Å²) in [6.07, 6.45) is -4.39. The van der Waals surface area contributed by atoms with E-state index in [2.05, 4.69) is 22.5 Å². The highest BCUT2D eigenvalue weighted by atomic mass is 32.1. The predicted octanol–water partition coefficient (Wildman–Crippen LogP) is 3.62. The van der Waals surface area contributed by atoms with Gasteiger partial charge in [0.2, 0.25) is 0 Å². The van der Waals surface area contributed by atoms with Crippen LogP contribution in [0.25, 0.3) is 0 Å². The van der Waals surface area contributed by atoms with Crippen LogP contribution < -0.4 is 10.6 Å². The molecule has 1 aromatic carbocycles. The van der Waals surface area contributed by atoms with Gasteiger partial charge in [-0.1, -0.05) is 24.0 Å². The van der Waals surface area contributed by atoms with Crippen LogP contribution in [0.4, 0.5) is 18.0 Å². The highest BCUT2D eigenvalue weighted by molar-refractivity contribution is 7.09. The number of urea groups is 1. The second kappa shape index (κ2) is 7.70. The third kappa shape index (κ3) is 5.68. The van der Waals surface area contributed by atoms with E-state index in [1.807, 2.05) is 17.5 Å². The van der Waals surface area contributed by atoms with Gasteiger partial charge in [0.1, 0.15) is 0 Å². The molecule has 0 saturated carbocycles. The van der Waals surface area contributed by atoms with E-state index in [1.54, 1.807) is 0 Å². The fourth-order valence-electron chi connectivity index (χ4n) is 1.69. The third-order valence-electron chi connectivity index (χ3n) is 2.76. The van der Waals surface area contributed by atoms with Gasteiger partial charge in [-0.2, -0.15) is 13.2 Å². The number of amides is 2.